The molecule has 5 heteroatoms. The van der Waals surface area contributed by atoms with Crippen LogP contribution in [0, 0.1) is 5.82 Å². The van der Waals surface area contributed by atoms with Crippen LogP contribution in [0.3, 0.4) is 0 Å². The van der Waals surface area contributed by atoms with Gasteiger partial charge in [0, 0.05) is 5.56 Å². The lowest BCUT2D eigenvalue weighted by Crippen LogP contribution is -2.21. The summed E-state index contributed by atoms with van der Waals surface area (Å²) in [5.74, 6) is 0.296. The van der Waals surface area contributed by atoms with E-state index in [1.165, 1.54) is 19.9 Å². The zero-order chi connectivity index (χ0) is 11.9. The van der Waals surface area contributed by atoms with Gasteiger partial charge in [-0.2, -0.15) is 0 Å². The predicted octanol–water partition coefficient (Wildman–Crippen LogP) is 2.59. The second-order valence-electron chi connectivity index (χ2n) is 4.14. The van der Waals surface area contributed by atoms with Gasteiger partial charge in [-0.3, -0.25) is 0 Å². The Morgan fingerprint density at radius 1 is 1.38 bits per heavy atom. The van der Waals surface area contributed by atoms with E-state index in [0.717, 1.165) is 0 Å². The Kier molecular flexibility index (Phi) is 2.84. The summed E-state index contributed by atoms with van der Waals surface area (Å²) in [5, 5.41) is 9.84. The third kappa shape index (κ3) is 1.89. The van der Waals surface area contributed by atoms with Crippen LogP contribution >= 0.6 is 15.9 Å². The minimum Gasteiger partial charge on any atom is -0.486 e. The maximum absolute atomic E-state index is 13.9. The van der Waals surface area contributed by atoms with E-state index in [1.807, 2.05) is 0 Å². The Hall–Kier alpha value is -0.810. The SMILES string of the molecule is CC(C)(O)c1cc2c(c(Br)c1F)OCCO2. The third-order valence-corrected chi connectivity index (χ3v) is 3.08. The third-order valence-electron chi connectivity index (χ3n) is 2.37. The number of hydrogen-bond donors (Lipinski definition) is 1. The molecule has 2 rings (SSSR count). The monoisotopic (exact) mass is 290 g/mol. The molecule has 1 heterocycles. The number of ether oxygens (including phenoxy) is 2. The zero-order valence-corrected chi connectivity index (χ0v) is 10.6. The Labute approximate surface area is 101 Å². The highest BCUT2D eigenvalue weighted by Gasteiger charge is 2.28. The van der Waals surface area contributed by atoms with Gasteiger partial charge in [0.05, 0.1) is 10.1 Å². The van der Waals surface area contributed by atoms with Crippen LogP contribution in [0.1, 0.15) is 19.4 Å². The molecular formula is C11H12BrFO3. The van der Waals surface area contributed by atoms with Crippen LogP contribution in [0.25, 0.3) is 0 Å². The lowest BCUT2D eigenvalue weighted by Gasteiger charge is -2.25. The van der Waals surface area contributed by atoms with E-state index in [0.29, 0.717) is 24.7 Å². The highest BCUT2D eigenvalue weighted by atomic mass is 79.9. The number of aliphatic hydroxyl groups is 1. The second kappa shape index (κ2) is 3.89. The molecule has 0 aromatic heterocycles. The minimum absolute atomic E-state index is 0.184. The molecule has 0 fully saturated rings. The molecule has 0 bridgehead atoms. The normalized spacial score (nSPS) is 15.1. The van der Waals surface area contributed by atoms with E-state index < -0.39 is 11.4 Å². The van der Waals surface area contributed by atoms with Crippen LogP contribution in [0.2, 0.25) is 0 Å². The average molecular weight is 291 g/mol. The summed E-state index contributed by atoms with van der Waals surface area (Å²) in [6.45, 7) is 3.87. The Balaban J connectivity index is 2.62. The van der Waals surface area contributed by atoms with Gasteiger partial charge in [0.25, 0.3) is 0 Å². The predicted molar refractivity (Wildman–Crippen MR) is 60.3 cm³/mol. The van der Waals surface area contributed by atoms with Gasteiger partial charge in [-0.05, 0) is 35.8 Å². The molecule has 0 unspecified atom stereocenters. The molecule has 0 saturated carbocycles. The number of hydrogen-bond acceptors (Lipinski definition) is 3. The molecule has 1 aliphatic heterocycles. The highest BCUT2D eigenvalue weighted by molar-refractivity contribution is 9.10. The molecule has 16 heavy (non-hydrogen) atoms. The molecule has 0 spiro atoms. The summed E-state index contributed by atoms with van der Waals surface area (Å²) < 4.78 is 24.8. The van der Waals surface area contributed by atoms with Crippen molar-refractivity contribution in [3.63, 3.8) is 0 Å². The average Bonchev–Trinajstić information content (AvgIpc) is 2.22. The lowest BCUT2D eigenvalue weighted by molar-refractivity contribution is 0.0731. The molecule has 0 radical (unpaired) electrons. The van der Waals surface area contributed by atoms with E-state index in [-0.39, 0.29) is 10.0 Å². The number of halogens is 2. The van der Waals surface area contributed by atoms with Crippen molar-refractivity contribution in [2.75, 3.05) is 13.2 Å². The second-order valence-corrected chi connectivity index (χ2v) is 4.93. The van der Waals surface area contributed by atoms with Crippen LogP contribution in [0.5, 0.6) is 11.5 Å². The molecule has 0 aliphatic carbocycles. The van der Waals surface area contributed by atoms with Crippen molar-refractivity contribution in [2.45, 2.75) is 19.4 Å². The lowest BCUT2D eigenvalue weighted by atomic mass is 9.97. The molecule has 1 aromatic rings. The fourth-order valence-corrected chi connectivity index (χ4v) is 2.09. The first-order valence-corrected chi connectivity index (χ1v) is 5.71. The maximum Gasteiger partial charge on any atom is 0.178 e. The first kappa shape index (κ1) is 11.7. The van der Waals surface area contributed by atoms with E-state index in [9.17, 15) is 9.50 Å². The van der Waals surface area contributed by atoms with Gasteiger partial charge in [0.2, 0.25) is 0 Å². The van der Waals surface area contributed by atoms with E-state index in [2.05, 4.69) is 15.9 Å². The van der Waals surface area contributed by atoms with Crippen molar-refractivity contribution in [1.29, 1.82) is 0 Å². The summed E-state index contributed by atoms with van der Waals surface area (Å²) in [5.41, 5.74) is -1.08. The van der Waals surface area contributed by atoms with Crippen molar-refractivity contribution in [3.8, 4) is 11.5 Å². The van der Waals surface area contributed by atoms with Crippen molar-refractivity contribution >= 4 is 15.9 Å². The van der Waals surface area contributed by atoms with Gasteiger partial charge < -0.3 is 14.6 Å². The number of fused-ring (bicyclic) bond motifs is 1. The van der Waals surface area contributed by atoms with Gasteiger partial charge >= 0.3 is 0 Å². The van der Waals surface area contributed by atoms with E-state index in [4.69, 9.17) is 9.47 Å². The quantitative estimate of drug-likeness (QED) is 0.864. The highest BCUT2D eigenvalue weighted by Crippen LogP contribution is 2.43. The summed E-state index contributed by atoms with van der Waals surface area (Å²) in [4.78, 5) is 0. The van der Waals surface area contributed by atoms with Crippen LogP contribution in [0.15, 0.2) is 10.5 Å². The van der Waals surface area contributed by atoms with Gasteiger partial charge in [0.1, 0.15) is 19.0 Å². The van der Waals surface area contributed by atoms with Gasteiger partial charge in [0.15, 0.2) is 11.5 Å². The fraction of sp³-hybridized carbons (Fsp3) is 0.455. The molecule has 1 aromatic carbocycles. The van der Waals surface area contributed by atoms with Gasteiger partial charge in [-0.1, -0.05) is 0 Å². The maximum atomic E-state index is 13.9. The number of benzene rings is 1. The van der Waals surface area contributed by atoms with E-state index in [1.54, 1.807) is 0 Å². The summed E-state index contributed by atoms with van der Waals surface area (Å²) in [6, 6.07) is 1.48. The van der Waals surface area contributed by atoms with Crippen LogP contribution < -0.4 is 9.47 Å². The molecule has 0 amide bonds. The van der Waals surface area contributed by atoms with Crippen LogP contribution in [-0.2, 0) is 5.60 Å². The van der Waals surface area contributed by atoms with E-state index >= 15 is 0 Å². The Morgan fingerprint density at radius 2 is 2.00 bits per heavy atom. The summed E-state index contributed by atoms with van der Waals surface area (Å²) >= 11 is 3.12. The van der Waals surface area contributed by atoms with Gasteiger partial charge in [-0.15, -0.1) is 0 Å². The molecule has 0 saturated heterocycles. The molecule has 1 N–H and O–H groups in total. The molecular weight excluding hydrogens is 279 g/mol. The minimum atomic E-state index is -1.26. The topological polar surface area (TPSA) is 38.7 Å². The Morgan fingerprint density at radius 3 is 2.62 bits per heavy atom. The van der Waals surface area contributed by atoms with Crippen molar-refractivity contribution < 1.29 is 19.0 Å². The van der Waals surface area contributed by atoms with Gasteiger partial charge in [-0.25, -0.2) is 4.39 Å². The van der Waals surface area contributed by atoms with Crippen LogP contribution in [0.4, 0.5) is 4.39 Å². The largest absolute Gasteiger partial charge is 0.486 e. The first-order chi connectivity index (χ1) is 7.41. The Bertz CT molecular complexity index is 426. The first-order valence-electron chi connectivity index (χ1n) is 4.91. The fourth-order valence-electron chi connectivity index (χ4n) is 1.57. The van der Waals surface area contributed by atoms with Crippen LogP contribution in [-0.4, -0.2) is 18.3 Å². The molecule has 0 atom stereocenters. The molecule has 88 valence electrons. The smallest absolute Gasteiger partial charge is 0.178 e. The van der Waals surface area contributed by atoms with Crippen molar-refractivity contribution in [3.05, 3.63) is 21.9 Å². The molecule has 1 aliphatic rings. The summed E-state index contributed by atoms with van der Waals surface area (Å²) in [6.07, 6.45) is 0. The standard InChI is InChI=1S/C11H12BrFO3/c1-11(2,14)6-5-7-10(8(12)9(6)13)16-4-3-15-7/h5,14H,3-4H2,1-2H3. The zero-order valence-electron chi connectivity index (χ0n) is 9.01. The van der Waals surface area contributed by atoms with Crippen molar-refractivity contribution in [1.82, 2.24) is 0 Å². The summed E-state index contributed by atoms with van der Waals surface area (Å²) in [7, 11) is 0. The van der Waals surface area contributed by atoms with Crippen molar-refractivity contribution in [2.24, 2.45) is 0 Å². The molecule has 3 nitrogen and oxygen atoms in total. The number of rotatable bonds is 1.